The summed E-state index contributed by atoms with van der Waals surface area (Å²) in [6.07, 6.45) is 1.42. The van der Waals surface area contributed by atoms with Gasteiger partial charge in [-0.1, -0.05) is 18.2 Å². The van der Waals surface area contributed by atoms with Crippen LogP contribution in [0.4, 0.5) is 5.82 Å². The molecule has 2 atom stereocenters. The van der Waals surface area contributed by atoms with Crippen molar-refractivity contribution in [2.24, 2.45) is 0 Å². The first kappa shape index (κ1) is 19.0. The first-order valence-corrected chi connectivity index (χ1v) is 8.79. The molecule has 3 rings (SSSR count). The number of hydrogen-bond acceptors (Lipinski definition) is 6. The number of carbonyl (C=O) groups is 2. The highest BCUT2D eigenvalue weighted by Crippen LogP contribution is 2.22. The quantitative estimate of drug-likeness (QED) is 0.780. The van der Waals surface area contributed by atoms with Gasteiger partial charge in [-0.25, -0.2) is 4.98 Å². The number of methoxy groups -OCH3 is 1. The molecule has 0 spiro atoms. The summed E-state index contributed by atoms with van der Waals surface area (Å²) in [5, 5.41) is 12.7. The van der Waals surface area contributed by atoms with Gasteiger partial charge in [0.05, 0.1) is 13.2 Å². The van der Waals surface area contributed by atoms with Gasteiger partial charge >= 0.3 is 5.97 Å². The fourth-order valence-electron chi connectivity index (χ4n) is 3.28. The molecule has 1 amide bonds. The molecule has 7 heteroatoms. The number of anilines is 1. The van der Waals surface area contributed by atoms with Gasteiger partial charge in [-0.3, -0.25) is 14.5 Å². The molecule has 2 heterocycles. The molecule has 1 aliphatic heterocycles. The number of aromatic nitrogens is 1. The number of aryl methyl sites for hydroxylation is 1. The van der Waals surface area contributed by atoms with E-state index in [1.165, 1.54) is 7.11 Å². The van der Waals surface area contributed by atoms with Crippen molar-refractivity contribution < 1.29 is 19.4 Å². The zero-order valence-electron chi connectivity index (χ0n) is 15.4. The molecule has 1 aromatic carbocycles. The Labute approximate surface area is 158 Å². The van der Waals surface area contributed by atoms with Crippen LogP contribution in [0.3, 0.4) is 0 Å². The molecule has 7 nitrogen and oxygen atoms in total. The number of esters is 1. The highest BCUT2D eigenvalue weighted by atomic mass is 16.5. The summed E-state index contributed by atoms with van der Waals surface area (Å²) < 4.78 is 4.83. The minimum atomic E-state index is -0.562. The molecule has 0 unspecified atom stereocenters. The number of hydrogen-bond donors (Lipinski definition) is 2. The van der Waals surface area contributed by atoms with Crippen LogP contribution in [0, 0.1) is 6.92 Å². The average Bonchev–Trinajstić information content (AvgIpc) is 3.03. The molecular weight excluding hydrogens is 346 g/mol. The van der Waals surface area contributed by atoms with Crippen molar-refractivity contribution in [2.75, 3.05) is 19.0 Å². The summed E-state index contributed by atoms with van der Waals surface area (Å²) in [6, 6.07) is 10.4. The zero-order valence-corrected chi connectivity index (χ0v) is 15.4. The SMILES string of the molecule is COC(=O)[C@@H]1C[C@@H](O)CN1Cc1cccc(C(=O)Nc2ncccc2C)c1. The number of aliphatic hydroxyl groups is 1. The molecule has 2 aromatic rings. The molecular formula is C20H23N3O4. The largest absolute Gasteiger partial charge is 0.468 e. The van der Waals surface area contributed by atoms with Gasteiger partial charge in [-0.2, -0.15) is 0 Å². The number of aliphatic hydroxyl groups excluding tert-OH is 1. The van der Waals surface area contributed by atoms with E-state index in [-0.39, 0.29) is 11.9 Å². The van der Waals surface area contributed by atoms with Crippen molar-refractivity contribution in [2.45, 2.75) is 32.0 Å². The molecule has 0 saturated carbocycles. The van der Waals surface area contributed by atoms with Gasteiger partial charge in [0.15, 0.2) is 0 Å². The summed E-state index contributed by atoms with van der Waals surface area (Å²) in [6.45, 7) is 2.72. The minimum absolute atomic E-state index is 0.246. The Bertz CT molecular complexity index is 839. The van der Waals surface area contributed by atoms with Crippen molar-refractivity contribution in [3.63, 3.8) is 0 Å². The molecule has 142 valence electrons. The maximum absolute atomic E-state index is 12.5. The summed E-state index contributed by atoms with van der Waals surface area (Å²) in [7, 11) is 1.34. The molecule has 27 heavy (non-hydrogen) atoms. The number of pyridine rings is 1. The molecule has 0 radical (unpaired) electrons. The molecule has 0 aliphatic carbocycles. The lowest BCUT2D eigenvalue weighted by molar-refractivity contribution is -0.146. The first-order valence-electron chi connectivity index (χ1n) is 8.79. The van der Waals surface area contributed by atoms with Crippen LogP contribution in [0.25, 0.3) is 0 Å². The normalized spacial score (nSPS) is 19.7. The minimum Gasteiger partial charge on any atom is -0.468 e. The Hall–Kier alpha value is -2.77. The van der Waals surface area contributed by atoms with Gasteiger partial charge in [0.2, 0.25) is 0 Å². The van der Waals surface area contributed by atoms with Gasteiger partial charge < -0.3 is 15.2 Å². The molecule has 1 fully saturated rings. The summed E-state index contributed by atoms with van der Waals surface area (Å²) in [4.78, 5) is 30.5. The molecule has 1 aliphatic rings. The lowest BCUT2D eigenvalue weighted by Gasteiger charge is -2.22. The lowest BCUT2D eigenvalue weighted by atomic mass is 10.1. The third kappa shape index (κ3) is 4.50. The summed E-state index contributed by atoms with van der Waals surface area (Å²) in [5.41, 5.74) is 2.27. The molecule has 0 bridgehead atoms. The number of rotatable bonds is 5. The predicted molar refractivity (Wildman–Crippen MR) is 100 cm³/mol. The Morgan fingerprint density at radius 1 is 1.33 bits per heavy atom. The van der Waals surface area contributed by atoms with Crippen molar-refractivity contribution in [3.05, 3.63) is 59.3 Å². The van der Waals surface area contributed by atoms with Crippen LogP contribution in [0.2, 0.25) is 0 Å². The highest BCUT2D eigenvalue weighted by Gasteiger charge is 2.36. The van der Waals surface area contributed by atoms with Crippen LogP contribution in [0.15, 0.2) is 42.6 Å². The number of benzene rings is 1. The third-order valence-electron chi connectivity index (χ3n) is 4.67. The van der Waals surface area contributed by atoms with Crippen LogP contribution in [0.5, 0.6) is 0 Å². The maximum Gasteiger partial charge on any atom is 0.323 e. The van der Waals surface area contributed by atoms with Gasteiger partial charge in [0.25, 0.3) is 5.91 Å². The van der Waals surface area contributed by atoms with Crippen LogP contribution >= 0.6 is 0 Å². The number of carbonyl (C=O) groups excluding carboxylic acids is 2. The molecule has 2 N–H and O–H groups in total. The van der Waals surface area contributed by atoms with Gasteiger partial charge in [0.1, 0.15) is 11.9 Å². The van der Waals surface area contributed by atoms with Gasteiger partial charge in [0, 0.05) is 31.3 Å². The van der Waals surface area contributed by atoms with E-state index < -0.39 is 12.1 Å². The van der Waals surface area contributed by atoms with Crippen LogP contribution in [0.1, 0.15) is 27.9 Å². The monoisotopic (exact) mass is 369 g/mol. The number of nitrogens with one attached hydrogen (secondary N) is 1. The van der Waals surface area contributed by atoms with E-state index in [0.717, 1.165) is 11.1 Å². The van der Waals surface area contributed by atoms with Crippen molar-refractivity contribution in [3.8, 4) is 0 Å². The smallest absolute Gasteiger partial charge is 0.323 e. The summed E-state index contributed by atoms with van der Waals surface area (Å²) >= 11 is 0. The second kappa shape index (κ2) is 8.28. The van der Waals surface area contributed by atoms with E-state index in [1.54, 1.807) is 24.4 Å². The maximum atomic E-state index is 12.5. The number of β-amino-alcohol motifs (C(OH)–C–C–N with tert-alkyl or cyclic N) is 1. The topological polar surface area (TPSA) is 91.8 Å². The number of amides is 1. The van der Waals surface area contributed by atoms with Crippen LogP contribution in [-0.4, -0.2) is 52.7 Å². The summed E-state index contributed by atoms with van der Waals surface area (Å²) in [5.74, 6) is -0.0722. The first-order chi connectivity index (χ1) is 13.0. The van der Waals surface area contributed by atoms with Gasteiger partial charge in [-0.15, -0.1) is 0 Å². The second-order valence-electron chi connectivity index (χ2n) is 6.68. The van der Waals surface area contributed by atoms with E-state index in [0.29, 0.717) is 30.9 Å². The standard InChI is InChI=1S/C20H23N3O4/c1-13-5-4-8-21-18(13)22-19(25)15-7-3-6-14(9-15)11-23-12-16(24)10-17(23)20(26)27-2/h3-9,16-17,24H,10-12H2,1-2H3,(H,21,22,25)/t16-,17+/m1/s1. The van der Waals surface area contributed by atoms with Crippen LogP contribution < -0.4 is 5.32 Å². The van der Waals surface area contributed by atoms with E-state index >= 15 is 0 Å². The van der Waals surface area contributed by atoms with E-state index in [9.17, 15) is 14.7 Å². The zero-order chi connectivity index (χ0) is 19.4. The van der Waals surface area contributed by atoms with E-state index in [4.69, 9.17) is 4.74 Å². The molecule has 1 aromatic heterocycles. The van der Waals surface area contributed by atoms with Gasteiger partial charge in [-0.05, 0) is 36.2 Å². The van der Waals surface area contributed by atoms with Crippen molar-refractivity contribution >= 4 is 17.7 Å². The van der Waals surface area contributed by atoms with E-state index in [2.05, 4.69) is 10.3 Å². The third-order valence-corrected chi connectivity index (χ3v) is 4.67. The number of nitrogens with zero attached hydrogens (tertiary/aromatic N) is 2. The fraction of sp³-hybridized carbons (Fsp3) is 0.350. The Balaban J connectivity index is 1.72. The lowest BCUT2D eigenvalue weighted by Crippen LogP contribution is -2.36. The second-order valence-corrected chi connectivity index (χ2v) is 6.68. The Morgan fingerprint density at radius 3 is 2.89 bits per heavy atom. The van der Waals surface area contributed by atoms with Crippen molar-refractivity contribution in [1.82, 2.24) is 9.88 Å². The Morgan fingerprint density at radius 2 is 2.15 bits per heavy atom. The van der Waals surface area contributed by atoms with E-state index in [1.807, 2.05) is 30.0 Å². The van der Waals surface area contributed by atoms with Crippen LogP contribution in [-0.2, 0) is 16.1 Å². The molecule has 1 saturated heterocycles. The average molecular weight is 369 g/mol. The Kier molecular flexibility index (Phi) is 5.83. The predicted octanol–water partition coefficient (Wildman–Crippen LogP) is 1.75. The highest BCUT2D eigenvalue weighted by molar-refractivity contribution is 6.04. The van der Waals surface area contributed by atoms with Crippen molar-refractivity contribution in [1.29, 1.82) is 0 Å². The number of ether oxygens (including phenoxy) is 1. The fourth-order valence-corrected chi connectivity index (χ4v) is 3.28. The number of likely N-dealkylation sites (tertiary alicyclic amines) is 1.